The molecule has 2 unspecified atom stereocenters. The van der Waals surface area contributed by atoms with E-state index in [0.717, 1.165) is 120 Å². The van der Waals surface area contributed by atoms with E-state index in [4.69, 9.17) is 37.0 Å². The highest BCUT2D eigenvalue weighted by Crippen LogP contribution is 2.45. The molecule has 0 heterocycles. The molecule has 0 aromatic heterocycles. The lowest BCUT2D eigenvalue weighted by Crippen LogP contribution is -2.30. The Morgan fingerprint density at radius 1 is 0.287 bits per heavy atom. The van der Waals surface area contributed by atoms with E-state index in [1.807, 2.05) is 0 Å². The van der Waals surface area contributed by atoms with Crippen molar-refractivity contribution in [1.29, 1.82) is 0 Å². The third-order valence-electron chi connectivity index (χ3n) is 17.4. The normalized spacial score (nSPS) is 14.1. The van der Waals surface area contributed by atoms with Crippen molar-refractivity contribution in [2.75, 3.05) is 39.6 Å². The first-order valence-electron chi connectivity index (χ1n) is 38.8. The zero-order valence-corrected chi connectivity index (χ0v) is 63.2. The fourth-order valence-corrected chi connectivity index (χ4v) is 13.0. The van der Waals surface area contributed by atoms with E-state index >= 15 is 0 Å². The Labute approximate surface area is 575 Å². The van der Waals surface area contributed by atoms with Crippen molar-refractivity contribution in [3.8, 4) is 0 Å². The Hall–Kier alpha value is -1.94. The number of phosphoric ester groups is 2. The number of carbonyl (C=O) groups is 4. The number of phosphoric acid groups is 2. The molecule has 0 aliphatic carbocycles. The van der Waals surface area contributed by atoms with E-state index in [1.54, 1.807) is 0 Å². The van der Waals surface area contributed by atoms with Crippen molar-refractivity contribution < 1.29 is 80.2 Å². The first-order chi connectivity index (χ1) is 45.2. The summed E-state index contributed by atoms with van der Waals surface area (Å²) < 4.78 is 68.3. The van der Waals surface area contributed by atoms with Gasteiger partial charge >= 0.3 is 39.5 Å². The van der Waals surface area contributed by atoms with Gasteiger partial charge in [-0.3, -0.25) is 37.3 Å². The van der Waals surface area contributed by atoms with Gasteiger partial charge in [-0.15, -0.1) is 0 Å². The highest BCUT2D eigenvalue weighted by Gasteiger charge is 2.30. The molecule has 0 bridgehead atoms. The number of hydrogen-bond acceptors (Lipinski definition) is 15. The number of ether oxygens (including phenoxy) is 4. The van der Waals surface area contributed by atoms with Crippen LogP contribution in [0.2, 0.25) is 0 Å². The second kappa shape index (κ2) is 65.7. The predicted octanol–water partition coefficient (Wildman–Crippen LogP) is 21.8. The summed E-state index contributed by atoms with van der Waals surface area (Å²) in [4.78, 5) is 72.6. The first-order valence-corrected chi connectivity index (χ1v) is 41.8. The van der Waals surface area contributed by atoms with Crippen LogP contribution in [0.4, 0.5) is 0 Å². The molecular formula is C75H146O17P2. The Kier molecular flexibility index (Phi) is 64.3. The van der Waals surface area contributed by atoms with Gasteiger partial charge in [0.05, 0.1) is 26.4 Å². The van der Waals surface area contributed by atoms with Crippen molar-refractivity contribution in [2.24, 2.45) is 17.8 Å². The highest BCUT2D eigenvalue weighted by atomic mass is 31.2. The van der Waals surface area contributed by atoms with Crippen molar-refractivity contribution in [3.05, 3.63) is 0 Å². The quantitative estimate of drug-likeness (QED) is 0.0222. The van der Waals surface area contributed by atoms with Crippen LogP contribution in [0.3, 0.4) is 0 Å². The SMILES string of the molecule is CCCCCCCCCC(=O)OC[C@H](COP(=O)(O)OC[C@H](O)COP(=O)(O)OC[C@@H](COC(=O)CCCCCCCCCCCCCCCCC(C)C)OC(=O)CCCCCCCCCCCCCCCCCCC(C)C)OC(=O)CCCCCCCCCCC(C)C. The second-order valence-corrected chi connectivity index (χ2v) is 31.4. The van der Waals surface area contributed by atoms with Gasteiger partial charge in [0.1, 0.15) is 19.3 Å². The van der Waals surface area contributed by atoms with Gasteiger partial charge in [0.15, 0.2) is 12.2 Å². The topological polar surface area (TPSA) is 237 Å². The van der Waals surface area contributed by atoms with Crippen LogP contribution in [-0.4, -0.2) is 96.7 Å². The summed E-state index contributed by atoms with van der Waals surface area (Å²) in [5.74, 6) is 0.202. The zero-order valence-electron chi connectivity index (χ0n) is 61.4. The Morgan fingerprint density at radius 3 is 0.723 bits per heavy atom. The summed E-state index contributed by atoms with van der Waals surface area (Å²) >= 11 is 0. The van der Waals surface area contributed by atoms with Crippen LogP contribution >= 0.6 is 15.6 Å². The van der Waals surface area contributed by atoms with Crippen molar-refractivity contribution in [3.63, 3.8) is 0 Å². The van der Waals surface area contributed by atoms with E-state index in [9.17, 15) is 43.2 Å². The summed E-state index contributed by atoms with van der Waals surface area (Å²) in [6, 6.07) is 0. The molecule has 0 aromatic rings. The maximum absolute atomic E-state index is 13.1. The maximum Gasteiger partial charge on any atom is 0.472 e. The fraction of sp³-hybridized carbons (Fsp3) is 0.947. The predicted molar refractivity (Wildman–Crippen MR) is 381 cm³/mol. The molecule has 0 amide bonds. The number of esters is 4. The molecule has 0 aliphatic rings. The van der Waals surface area contributed by atoms with Crippen LogP contribution in [0.15, 0.2) is 0 Å². The lowest BCUT2D eigenvalue weighted by molar-refractivity contribution is -0.161. The Bertz CT molecular complexity index is 1840. The van der Waals surface area contributed by atoms with Gasteiger partial charge in [-0.25, -0.2) is 9.13 Å². The van der Waals surface area contributed by atoms with E-state index in [2.05, 4.69) is 48.5 Å². The smallest absolute Gasteiger partial charge is 0.462 e. The molecule has 558 valence electrons. The molecule has 0 rings (SSSR count). The lowest BCUT2D eigenvalue weighted by atomic mass is 10.0. The van der Waals surface area contributed by atoms with Gasteiger partial charge in [0, 0.05) is 25.7 Å². The molecular weight excluding hydrogens is 1230 g/mol. The molecule has 94 heavy (non-hydrogen) atoms. The lowest BCUT2D eigenvalue weighted by Gasteiger charge is -2.21. The van der Waals surface area contributed by atoms with Crippen LogP contribution < -0.4 is 0 Å². The largest absolute Gasteiger partial charge is 0.472 e. The van der Waals surface area contributed by atoms with Crippen LogP contribution in [0.1, 0.15) is 382 Å². The Balaban J connectivity index is 5.18. The molecule has 0 aromatic carbocycles. The number of hydrogen-bond donors (Lipinski definition) is 3. The number of rotatable bonds is 73. The fourth-order valence-electron chi connectivity index (χ4n) is 11.4. The Morgan fingerprint density at radius 2 is 0.489 bits per heavy atom. The standard InChI is InChI=1S/C75H146O17P2/c1-8-9-10-11-32-42-49-56-72(77)85-62-70(92-75(80)59-52-45-38-31-30-35-41-48-55-68(6)7)64-89-93(81,82)87-60-69(76)61-88-94(83,84)90-65-71(63-86-73(78)57-50-43-36-28-24-20-17-16-19-23-27-34-40-47-54-67(4)5)91-74(79)58-51-44-37-29-25-21-15-13-12-14-18-22-26-33-39-46-53-66(2)3/h66-71,76H,8-65H2,1-7H3,(H,81,82)(H,83,84)/t69-,70+,71+/m0/s1. The molecule has 5 atom stereocenters. The van der Waals surface area contributed by atoms with Gasteiger partial charge in [-0.2, -0.15) is 0 Å². The third-order valence-corrected chi connectivity index (χ3v) is 19.3. The third kappa shape index (κ3) is 68.6. The molecule has 0 fully saturated rings. The summed E-state index contributed by atoms with van der Waals surface area (Å²) in [5, 5.41) is 10.6. The van der Waals surface area contributed by atoms with Crippen LogP contribution in [-0.2, 0) is 65.4 Å². The zero-order chi connectivity index (χ0) is 69.4. The maximum atomic E-state index is 13.1. The van der Waals surface area contributed by atoms with E-state index < -0.39 is 97.5 Å². The monoisotopic (exact) mass is 1380 g/mol. The van der Waals surface area contributed by atoms with Gasteiger partial charge in [-0.1, -0.05) is 331 Å². The van der Waals surface area contributed by atoms with Crippen molar-refractivity contribution >= 4 is 39.5 Å². The summed E-state index contributed by atoms with van der Waals surface area (Å²) in [5.41, 5.74) is 0. The second-order valence-electron chi connectivity index (χ2n) is 28.5. The van der Waals surface area contributed by atoms with Crippen LogP contribution in [0.5, 0.6) is 0 Å². The molecule has 0 radical (unpaired) electrons. The van der Waals surface area contributed by atoms with Crippen LogP contribution in [0.25, 0.3) is 0 Å². The molecule has 0 saturated heterocycles. The summed E-state index contributed by atoms with van der Waals surface area (Å²) in [7, 11) is -9.90. The van der Waals surface area contributed by atoms with Gasteiger partial charge < -0.3 is 33.8 Å². The number of carbonyl (C=O) groups excluding carboxylic acids is 4. The molecule has 3 N–H and O–H groups in total. The molecule has 0 spiro atoms. The van der Waals surface area contributed by atoms with Gasteiger partial charge in [0.25, 0.3) is 0 Å². The van der Waals surface area contributed by atoms with Crippen LogP contribution in [0, 0.1) is 17.8 Å². The molecule has 17 nitrogen and oxygen atoms in total. The minimum absolute atomic E-state index is 0.104. The van der Waals surface area contributed by atoms with Crippen molar-refractivity contribution in [1.82, 2.24) is 0 Å². The highest BCUT2D eigenvalue weighted by molar-refractivity contribution is 7.47. The number of aliphatic hydroxyl groups excluding tert-OH is 1. The molecule has 0 saturated carbocycles. The number of aliphatic hydroxyl groups is 1. The number of unbranched alkanes of at least 4 members (excludes halogenated alkanes) is 41. The minimum Gasteiger partial charge on any atom is -0.462 e. The minimum atomic E-state index is -4.96. The summed E-state index contributed by atoms with van der Waals surface area (Å²) in [6.45, 7) is 11.9. The average molecular weight is 1380 g/mol. The summed E-state index contributed by atoms with van der Waals surface area (Å²) in [6.07, 6.45) is 51.6. The molecule has 0 aliphatic heterocycles. The average Bonchev–Trinajstić information content (AvgIpc) is 1.28. The van der Waals surface area contributed by atoms with Crippen molar-refractivity contribution in [2.45, 2.75) is 401 Å². The molecule has 19 heteroatoms. The van der Waals surface area contributed by atoms with Gasteiger partial charge in [-0.05, 0) is 43.4 Å². The first kappa shape index (κ1) is 92.1. The van der Waals surface area contributed by atoms with E-state index in [0.29, 0.717) is 25.7 Å². The van der Waals surface area contributed by atoms with Gasteiger partial charge in [0.2, 0.25) is 0 Å². The van der Waals surface area contributed by atoms with E-state index in [-0.39, 0.29) is 25.7 Å². The van der Waals surface area contributed by atoms with E-state index in [1.165, 1.54) is 180 Å².